The number of hydrogen-bond acceptors (Lipinski definition) is 2. The van der Waals surface area contributed by atoms with Crippen LogP contribution in [0.1, 0.15) is 109 Å². The number of pyridine rings is 1. The van der Waals surface area contributed by atoms with Crippen molar-refractivity contribution in [3.8, 4) is 11.1 Å². The normalized spacial score (nSPS) is 21.3. The van der Waals surface area contributed by atoms with E-state index in [0.717, 1.165) is 44.2 Å². The molecule has 2 atom stereocenters. The van der Waals surface area contributed by atoms with Gasteiger partial charge in [0.1, 0.15) is 5.82 Å². The Labute approximate surface area is 237 Å². The lowest BCUT2D eigenvalue weighted by Gasteiger charge is -2.47. The second-order valence-corrected chi connectivity index (χ2v) is 12.1. The highest BCUT2D eigenvalue weighted by Crippen LogP contribution is 2.56. The van der Waals surface area contributed by atoms with Crippen molar-refractivity contribution < 1.29 is 40.2 Å². The van der Waals surface area contributed by atoms with Crippen molar-refractivity contribution in [3.63, 3.8) is 0 Å². The van der Waals surface area contributed by atoms with Crippen molar-refractivity contribution in [2.24, 2.45) is 5.41 Å². The maximum Gasteiger partial charge on any atom is 0.416 e. The van der Waals surface area contributed by atoms with E-state index in [1.807, 2.05) is 0 Å². The first-order valence-corrected chi connectivity index (χ1v) is 14.2. The van der Waals surface area contributed by atoms with Crippen LogP contribution in [0.5, 0.6) is 0 Å². The Kier molecular flexibility index (Phi) is 7.14. The molecule has 1 spiro atoms. The maximum absolute atomic E-state index is 16.9. The molecule has 0 radical (unpaired) electrons. The van der Waals surface area contributed by atoms with Crippen molar-refractivity contribution in [1.82, 2.24) is 4.98 Å². The average molecular weight is 596 g/mol. The predicted molar refractivity (Wildman–Crippen MR) is 140 cm³/mol. The molecule has 1 N–H and O–H groups in total. The van der Waals surface area contributed by atoms with Gasteiger partial charge in [-0.2, -0.15) is 26.3 Å². The van der Waals surface area contributed by atoms with E-state index in [-0.39, 0.29) is 28.5 Å². The number of alkyl halides is 7. The minimum Gasteiger partial charge on any atom is -0.388 e. The smallest absolute Gasteiger partial charge is 0.388 e. The minimum atomic E-state index is -5.15. The standard InChI is InChI=1S/C32H29F8NO/c33-22-8-6-17(7-9-22)25-26-23(15-30(10-3-11-30)16-24(26)42)41-29(18-4-1-2-5-18)27(25)28(34)19-12-20(31(35,36)37)14-21(13-19)32(38,39)40/h6-9,12-14,18,24,28,42H,1-5,10-11,15-16H2/t24-,28?/m0/s1. The molecule has 224 valence electrons. The summed E-state index contributed by atoms with van der Waals surface area (Å²) in [5.74, 6) is -0.829. The van der Waals surface area contributed by atoms with Crippen molar-refractivity contribution in [2.75, 3.05) is 0 Å². The largest absolute Gasteiger partial charge is 0.416 e. The maximum atomic E-state index is 16.9. The summed E-state index contributed by atoms with van der Waals surface area (Å²) in [7, 11) is 0. The Hall–Kier alpha value is -3.01. The number of aliphatic hydroxyl groups is 1. The first-order chi connectivity index (χ1) is 19.8. The van der Waals surface area contributed by atoms with Crippen molar-refractivity contribution in [3.05, 3.63) is 87.5 Å². The van der Waals surface area contributed by atoms with Crippen LogP contribution in [-0.4, -0.2) is 10.1 Å². The molecule has 2 fully saturated rings. The Bertz CT molecular complexity index is 1450. The third kappa shape index (κ3) is 5.20. The van der Waals surface area contributed by atoms with Gasteiger partial charge in [0, 0.05) is 22.7 Å². The number of hydrogen-bond donors (Lipinski definition) is 1. The monoisotopic (exact) mass is 595 g/mol. The summed E-state index contributed by atoms with van der Waals surface area (Å²) in [6.07, 6.45) is -7.16. The van der Waals surface area contributed by atoms with Gasteiger partial charge in [0.15, 0.2) is 6.17 Å². The molecular formula is C32H29F8NO. The van der Waals surface area contributed by atoms with Crippen LogP contribution >= 0.6 is 0 Å². The second kappa shape index (κ2) is 10.3. The molecule has 1 unspecified atom stereocenters. The lowest BCUT2D eigenvalue weighted by atomic mass is 9.59. The third-order valence-electron chi connectivity index (χ3n) is 9.33. The highest BCUT2D eigenvalue weighted by atomic mass is 19.4. The number of halogens is 8. The predicted octanol–water partition coefficient (Wildman–Crippen LogP) is 9.79. The number of aromatic nitrogens is 1. The summed E-state index contributed by atoms with van der Waals surface area (Å²) >= 11 is 0. The highest BCUT2D eigenvalue weighted by Gasteiger charge is 2.46. The molecule has 6 rings (SSSR count). The van der Waals surface area contributed by atoms with Crippen molar-refractivity contribution in [1.29, 1.82) is 0 Å². The molecule has 1 aromatic heterocycles. The van der Waals surface area contributed by atoms with Crippen molar-refractivity contribution >= 4 is 0 Å². The molecule has 2 nitrogen and oxygen atoms in total. The van der Waals surface area contributed by atoms with Crippen LogP contribution in [0.3, 0.4) is 0 Å². The lowest BCUT2D eigenvalue weighted by Crippen LogP contribution is -2.38. The molecule has 3 aromatic rings. The molecule has 3 aliphatic carbocycles. The molecule has 1 heterocycles. The SMILES string of the molecule is O[C@H]1CC2(CCC2)Cc2nc(C3CCCC3)c(C(F)c3cc(C(F)(F)F)cc(C(F)(F)F)c3)c(-c3ccc(F)cc3)c21. The van der Waals surface area contributed by atoms with Gasteiger partial charge in [0.25, 0.3) is 0 Å². The molecule has 2 saturated carbocycles. The van der Waals surface area contributed by atoms with Gasteiger partial charge in [-0.3, -0.25) is 4.98 Å². The zero-order valence-electron chi connectivity index (χ0n) is 22.6. The van der Waals surface area contributed by atoms with Gasteiger partial charge in [0.2, 0.25) is 0 Å². The number of benzene rings is 2. The number of rotatable bonds is 4. The zero-order valence-corrected chi connectivity index (χ0v) is 22.6. The fraction of sp³-hybridized carbons (Fsp3) is 0.469. The number of nitrogens with zero attached hydrogens (tertiary/aromatic N) is 1. The summed E-state index contributed by atoms with van der Waals surface area (Å²) in [5.41, 5.74) is -2.63. The molecule has 0 aliphatic heterocycles. The summed E-state index contributed by atoms with van der Waals surface area (Å²) in [6, 6.07) is 5.90. The van der Waals surface area contributed by atoms with E-state index < -0.39 is 47.1 Å². The Balaban J connectivity index is 1.64. The molecule has 0 bridgehead atoms. The Morgan fingerprint density at radius 1 is 0.857 bits per heavy atom. The average Bonchev–Trinajstić information content (AvgIpc) is 3.45. The summed E-state index contributed by atoms with van der Waals surface area (Å²) in [4.78, 5) is 4.90. The van der Waals surface area contributed by atoms with Crippen LogP contribution < -0.4 is 0 Å². The Morgan fingerprint density at radius 3 is 1.98 bits per heavy atom. The molecule has 0 saturated heterocycles. The van der Waals surface area contributed by atoms with Crippen molar-refractivity contribution in [2.45, 2.75) is 88.3 Å². The van der Waals surface area contributed by atoms with Gasteiger partial charge in [-0.15, -0.1) is 0 Å². The van der Waals surface area contributed by atoms with Crippen LogP contribution in [-0.2, 0) is 18.8 Å². The van der Waals surface area contributed by atoms with Gasteiger partial charge in [0.05, 0.1) is 22.9 Å². The molecule has 10 heteroatoms. The quantitative estimate of drug-likeness (QED) is 0.305. The van der Waals surface area contributed by atoms with Crippen LogP contribution in [0, 0.1) is 11.2 Å². The Morgan fingerprint density at radius 2 is 1.45 bits per heavy atom. The van der Waals surface area contributed by atoms with Gasteiger partial charge in [-0.1, -0.05) is 31.4 Å². The van der Waals surface area contributed by atoms with E-state index in [9.17, 15) is 35.8 Å². The zero-order chi connectivity index (χ0) is 30.0. The molecule has 42 heavy (non-hydrogen) atoms. The van der Waals surface area contributed by atoms with E-state index in [1.54, 1.807) is 0 Å². The van der Waals surface area contributed by atoms with Gasteiger partial charge in [-0.25, -0.2) is 8.78 Å². The van der Waals surface area contributed by atoms with E-state index in [0.29, 0.717) is 60.3 Å². The fourth-order valence-electron chi connectivity index (χ4n) is 7.16. The third-order valence-corrected chi connectivity index (χ3v) is 9.33. The fourth-order valence-corrected chi connectivity index (χ4v) is 7.16. The van der Waals surface area contributed by atoms with E-state index in [1.165, 1.54) is 12.1 Å². The molecular weight excluding hydrogens is 566 g/mol. The molecule has 2 aromatic carbocycles. The van der Waals surface area contributed by atoms with Crippen LogP contribution in [0.4, 0.5) is 35.1 Å². The topological polar surface area (TPSA) is 33.1 Å². The van der Waals surface area contributed by atoms with E-state index in [2.05, 4.69) is 0 Å². The number of fused-ring (bicyclic) bond motifs is 1. The van der Waals surface area contributed by atoms with E-state index >= 15 is 4.39 Å². The first-order valence-electron chi connectivity index (χ1n) is 14.2. The first kappa shape index (κ1) is 29.1. The van der Waals surface area contributed by atoms with Crippen LogP contribution in [0.25, 0.3) is 11.1 Å². The second-order valence-electron chi connectivity index (χ2n) is 12.1. The summed E-state index contributed by atoms with van der Waals surface area (Å²) in [6.45, 7) is 0. The number of aliphatic hydroxyl groups excluding tert-OH is 1. The van der Waals surface area contributed by atoms with Crippen LogP contribution in [0.15, 0.2) is 42.5 Å². The minimum absolute atomic E-state index is 0.0259. The molecule has 3 aliphatic rings. The van der Waals surface area contributed by atoms with Gasteiger partial charge < -0.3 is 5.11 Å². The summed E-state index contributed by atoms with van der Waals surface area (Å²) < 4.78 is 113. The van der Waals surface area contributed by atoms with Gasteiger partial charge >= 0.3 is 12.4 Å². The van der Waals surface area contributed by atoms with E-state index in [4.69, 9.17) is 4.98 Å². The summed E-state index contributed by atoms with van der Waals surface area (Å²) in [5, 5.41) is 11.5. The van der Waals surface area contributed by atoms with Gasteiger partial charge in [-0.05, 0) is 91.0 Å². The highest BCUT2D eigenvalue weighted by molar-refractivity contribution is 5.75. The lowest BCUT2D eigenvalue weighted by molar-refractivity contribution is -0.143. The van der Waals surface area contributed by atoms with Crippen LogP contribution in [0.2, 0.25) is 0 Å². The molecule has 0 amide bonds.